The van der Waals surface area contributed by atoms with Crippen LogP contribution in [0.3, 0.4) is 0 Å². The van der Waals surface area contributed by atoms with Crippen LogP contribution in [0.5, 0.6) is 0 Å². The third kappa shape index (κ3) is 3.56. The molecule has 1 saturated carbocycles. The molecule has 1 aliphatic carbocycles. The van der Waals surface area contributed by atoms with Crippen LogP contribution in [-0.2, 0) is 4.79 Å². The van der Waals surface area contributed by atoms with E-state index >= 15 is 0 Å². The first-order valence-electron chi connectivity index (χ1n) is 9.39. The SMILES string of the molecule is C[C@H]1CN(C(=O)C2CCNCC2)C[C@H]1NC(=O)c1cc(C2CC2)on1. The zero-order valence-electron chi connectivity index (χ0n) is 14.7. The van der Waals surface area contributed by atoms with Crippen LogP contribution in [0.4, 0.5) is 0 Å². The Kier molecular flexibility index (Phi) is 4.50. The fraction of sp³-hybridized carbons (Fsp3) is 0.722. The quantitative estimate of drug-likeness (QED) is 0.853. The van der Waals surface area contributed by atoms with E-state index in [1.807, 2.05) is 4.90 Å². The molecule has 3 fully saturated rings. The predicted octanol–water partition coefficient (Wildman–Crippen LogP) is 1.13. The van der Waals surface area contributed by atoms with Gasteiger partial charge in [-0.1, -0.05) is 12.1 Å². The summed E-state index contributed by atoms with van der Waals surface area (Å²) in [4.78, 5) is 27.0. The van der Waals surface area contributed by atoms with Gasteiger partial charge in [0, 0.05) is 31.0 Å². The minimum Gasteiger partial charge on any atom is -0.360 e. The molecule has 3 aliphatic rings. The Labute approximate surface area is 147 Å². The van der Waals surface area contributed by atoms with E-state index in [4.69, 9.17) is 4.52 Å². The molecule has 2 amide bonds. The minimum atomic E-state index is -0.205. The van der Waals surface area contributed by atoms with Crippen LogP contribution in [0.25, 0.3) is 0 Å². The molecule has 7 heteroatoms. The highest BCUT2D eigenvalue weighted by Crippen LogP contribution is 2.40. The summed E-state index contributed by atoms with van der Waals surface area (Å²) in [6, 6.07) is 1.73. The normalized spacial score (nSPS) is 27.5. The molecule has 25 heavy (non-hydrogen) atoms. The Morgan fingerprint density at radius 1 is 1.24 bits per heavy atom. The van der Waals surface area contributed by atoms with Gasteiger partial charge in [0.15, 0.2) is 5.69 Å². The second-order valence-electron chi connectivity index (χ2n) is 7.71. The highest BCUT2D eigenvalue weighted by molar-refractivity contribution is 5.92. The third-order valence-corrected chi connectivity index (χ3v) is 5.67. The largest absolute Gasteiger partial charge is 0.360 e. The van der Waals surface area contributed by atoms with E-state index in [0.29, 0.717) is 24.7 Å². The van der Waals surface area contributed by atoms with Gasteiger partial charge in [-0.2, -0.15) is 0 Å². The van der Waals surface area contributed by atoms with Gasteiger partial charge >= 0.3 is 0 Å². The molecule has 1 aromatic heterocycles. The highest BCUT2D eigenvalue weighted by atomic mass is 16.5. The molecule has 136 valence electrons. The molecule has 0 bridgehead atoms. The number of piperidine rings is 1. The van der Waals surface area contributed by atoms with Crippen molar-refractivity contribution in [2.24, 2.45) is 11.8 Å². The summed E-state index contributed by atoms with van der Waals surface area (Å²) in [5, 5.41) is 10.2. The maximum atomic E-state index is 12.7. The standard InChI is InChI=1S/C18H26N4O3/c1-11-9-22(18(24)13-4-6-19-7-5-13)10-15(11)20-17(23)14-8-16(25-21-14)12-2-3-12/h8,11-13,15,19H,2-7,9-10H2,1H3,(H,20,23)/t11-,15+/m0/s1. The monoisotopic (exact) mass is 346 g/mol. The summed E-state index contributed by atoms with van der Waals surface area (Å²) < 4.78 is 5.26. The Morgan fingerprint density at radius 2 is 2.00 bits per heavy atom. The molecule has 0 unspecified atom stereocenters. The molecule has 1 aromatic rings. The Bertz CT molecular complexity index is 649. The minimum absolute atomic E-state index is 0.0285. The smallest absolute Gasteiger partial charge is 0.273 e. The van der Waals surface area contributed by atoms with E-state index < -0.39 is 0 Å². The number of rotatable bonds is 4. The maximum absolute atomic E-state index is 12.7. The van der Waals surface area contributed by atoms with Crippen LogP contribution < -0.4 is 10.6 Å². The van der Waals surface area contributed by atoms with Crippen molar-refractivity contribution in [1.82, 2.24) is 20.7 Å². The van der Waals surface area contributed by atoms with Crippen LogP contribution in [0.2, 0.25) is 0 Å². The van der Waals surface area contributed by atoms with Gasteiger partial charge in [-0.15, -0.1) is 0 Å². The summed E-state index contributed by atoms with van der Waals surface area (Å²) in [5.41, 5.74) is 0.345. The van der Waals surface area contributed by atoms with Crippen LogP contribution in [0.15, 0.2) is 10.6 Å². The molecule has 2 N–H and O–H groups in total. The zero-order valence-corrected chi connectivity index (χ0v) is 14.7. The van der Waals surface area contributed by atoms with Crippen molar-refractivity contribution < 1.29 is 14.1 Å². The second-order valence-corrected chi connectivity index (χ2v) is 7.71. The summed E-state index contributed by atoms with van der Waals surface area (Å²) >= 11 is 0. The summed E-state index contributed by atoms with van der Waals surface area (Å²) in [5.74, 6) is 1.65. The topological polar surface area (TPSA) is 87.5 Å². The number of likely N-dealkylation sites (tertiary alicyclic amines) is 1. The molecule has 2 atom stereocenters. The zero-order chi connectivity index (χ0) is 17.4. The van der Waals surface area contributed by atoms with Crippen LogP contribution in [0.1, 0.15) is 54.8 Å². The predicted molar refractivity (Wildman–Crippen MR) is 91.1 cm³/mol. The van der Waals surface area contributed by atoms with E-state index in [0.717, 1.165) is 44.5 Å². The number of amides is 2. The van der Waals surface area contributed by atoms with Gasteiger partial charge in [-0.25, -0.2) is 0 Å². The lowest BCUT2D eigenvalue weighted by Crippen LogP contribution is -2.43. The lowest BCUT2D eigenvalue weighted by Gasteiger charge is -2.26. The van der Waals surface area contributed by atoms with Crippen LogP contribution in [-0.4, -0.2) is 54.1 Å². The number of carbonyl (C=O) groups excluding carboxylic acids is 2. The molecular formula is C18H26N4O3. The first-order chi connectivity index (χ1) is 12.1. The first-order valence-corrected chi connectivity index (χ1v) is 9.39. The number of carbonyl (C=O) groups is 2. The molecule has 7 nitrogen and oxygen atoms in total. The average molecular weight is 346 g/mol. The molecular weight excluding hydrogens is 320 g/mol. The Balaban J connectivity index is 1.34. The van der Waals surface area contributed by atoms with Crippen LogP contribution >= 0.6 is 0 Å². The maximum Gasteiger partial charge on any atom is 0.273 e. The van der Waals surface area contributed by atoms with Gasteiger partial charge in [-0.05, 0) is 44.7 Å². The lowest BCUT2D eigenvalue weighted by atomic mass is 9.97. The summed E-state index contributed by atoms with van der Waals surface area (Å²) in [7, 11) is 0. The lowest BCUT2D eigenvalue weighted by molar-refractivity contribution is -0.135. The van der Waals surface area contributed by atoms with Crippen LogP contribution in [0, 0.1) is 11.8 Å². The van der Waals surface area contributed by atoms with E-state index in [9.17, 15) is 9.59 Å². The van der Waals surface area contributed by atoms with Crippen molar-refractivity contribution in [3.63, 3.8) is 0 Å². The second kappa shape index (κ2) is 6.78. The van der Waals surface area contributed by atoms with Crippen molar-refractivity contribution in [2.45, 2.75) is 44.6 Å². The van der Waals surface area contributed by atoms with E-state index in [1.54, 1.807) is 6.07 Å². The summed E-state index contributed by atoms with van der Waals surface area (Å²) in [6.07, 6.45) is 4.04. The molecule has 0 spiro atoms. The number of nitrogens with one attached hydrogen (secondary N) is 2. The number of hydrogen-bond donors (Lipinski definition) is 2. The van der Waals surface area contributed by atoms with E-state index in [2.05, 4.69) is 22.7 Å². The van der Waals surface area contributed by atoms with Crippen molar-refractivity contribution in [1.29, 1.82) is 0 Å². The number of nitrogens with zero attached hydrogens (tertiary/aromatic N) is 2. The highest BCUT2D eigenvalue weighted by Gasteiger charge is 2.37. The van der Waals surface area contributed by atoms with Gasteiger partial charge in [0.1, 0.15) is 5.76 Å². The van der Waals surface area contributed by atoms with Crippen molar-refractivity contribution >= 4 is 11.8 Å². The van der Waals surface area contributed by atoms with Crippen molar-refractivity contribution in [3.8, 4) is 0 Å². The molecule has 2 aliphatic heterocycles. The molecule has 2 saturated heterocycles. The van der Waals surface area contributed by atoms with Gasteiger partial charge in [0.2, 0.25) is 5.91 Å². The van der Waals surface area contributed by atoms with Gasteiger partial charge < -0.3 is 20.1 Å². The number of aromatic nitrogens is 1. The Hall–Kier alpha value is -1.89. The third-order valence-electron chi connectivity index (χ3n) is 5.67. The fourth-order valence-corrected chi connectivity index (χ4v) is 3.86. The molecule has 0 radical (unpaired) electrons. The van der Waals surface area contributed by atoms with Gasteiger partial charge in [0.05, 0.1) is 6.04 Å². The average Bonchev–Trinajstić information content (AvgIpc) is 3.25. The van der Waals surface area contributed by atoms with Crippen molar-refractivity contribution in [3.05, 3.63) is 17.5 Å². The first kappa shape index (κ1) is 16.6. The van der Waals surface area contributed by atoms with Gasteiger partial charge in [0.25, 0.3) is 5.91 Å². The van der Waals surface area contributed by atoms with Gasteiger partial charge in [-0.3, -0.25) is 9.59 Å². The Morgan fingerprint density at radius 3 is 2.72 bits per heavy atom. The number of hydrogen-bond acceptors (Lipinski definition) is 5. The molecule has 0 aromatic carbocycles. The van der Waals surface area contributed by atoms with E-state index in [-0.39, 0.29) is 29.7 Å². The van der Waals surface area contributed by atoms with Crippen molar-refractivity contribution in [2.75, 3.05) is 26.2 Å². The molecule has 3 heterocycles. The van der Waals surface area contributed by atoms with E-state index in [1.165, 1.54) is 0 Å². The fourth-order valence-electron chi connectivity index (χ4n) is 3.86. The summed E-state index contributed by atoms with van der Waals surface area (Å²) in [6.45, 7) is 5.20. The molecule has 4 rings (SSSR count).